The monoisotopic (exact) mass is 524 g/mol. The van der Waals surface area contributed by atoms with Gasteiger partial charge in [0, 0.05) is 11.1 Å². The molecule has 0 spiro atoms. The van der Waals surface area contributed by atoms with Gasteiger partial charge in [-0.25, -0.2) is 13.1 Å². The molecule has 0 aromatic heterocycles. The van der Waals surface area contributed by atoms with Gasteiger partial charge in [0.05, 0.1) is 23.2 Å². The number of sulfonamides is 1. The minimum absolute atomic E-state index is 0.0872. The molecule has 8 nitrogen and oxygen atoms in total. The quantitative estimate of drug-likeness (QED) is 0.401. The molecule has 9 heteroatoms. The van der Waals surface area contributed by atoms with Gasteiger partial charge in [0.2, 0.25) is 10.0 Å². The first kappa shape index (κ1) is 26.7. The number of carbonyl (C=O) groups excluding carboxylic acids is 1. The van der Waals surface area contributed by atoms with Crippen LogP contribution >= 0.6 is 0 Å². The summed E-state index contributed by atoms with van der Waals surface area (Å²) in [6.07, 6.45) is -0.435. The van der Waals surface area contributed by atoms with E-state index in [0.29, 0.717) is 29.4 Å². The van der Waals surface area contributed by atoms with E-state index in [1.165, 1.54) is 0 Å². The van der Waals surface area contributed by atoms with Gasteiger partial charge >= 0.3 is 0 Å². The Morgan fingerprint density at radius 2 is 1.76 bits per heavy atom. The third-order valence-electron chi connectivity index (χ3n) is 6.37. The Bertz CT molecular complexity index is 1390. The van der Waals surface area contributed by atoms with Crippen LogP contribution in [0, 0.1) is 0 Å². The maximum absolute atomic E-state index is 13.3. The maximum Gasteiger partial charge on any atom is 0.255 e. The first-order valence-corrected chi connectivity index (χ1v) is 13.7. The van der Waals surface area contributed by atoms with Crippen LogP contribution in [0.3, 0.4) is 0 Å². The van der Waals surface area contributed by atoms with E-state index < -0.39 is 33.7 Å². The van der Waals surface area contributed by atoms with Crippen molar-refractivity contribution in [2.75, 3.05) is 11.9 Å². The highest BCUT2D eigenvalue weighted by molar-refractivity contribution is 7.89. The minimum atomic E-state index is -3.99. The summed E-state index contributed by atoms with van der Waals surface area (Å²) in [7, 11) is -3.99. The van der Waals surface area contributed by atoms with E-state index in [9.17, 15) is 18.3 Å². The van der Waals surface area contributed by atoms with Crippen molar-refractivity contribution in [2.24, 2.45) is 0 Å². The van der Waals surface area contributed by atoms with Crippen molar-refractivity contribution in [2.45, 2.75) is 56.8 Å². The van der Waals surface area contributed by atoms with E-state index in [-0.39, 0.29) is 10.5 Å². The molecule has 196 valence electrons. The summed E-state index contributed by atoms with van der Waals surface area (Å²) >= 11 is 0. The lowest BCUT2D eigenvalue weighted by molar-refractivity contribution is -0.0603. The average molecular weight is 525 g/mol. The number of aryl methyl sites for hydroxylation is 1. The van der Waals surface area contributed by atoms with Crippen molar-refractivity contribution in [1.29, 1.82) is 0 Å². The first-order chi connectivity index (χ1) is 17.6. The van der Waals surface area contributed by atoms with Crippen molar-refractivity contribution in [3.8, 4) is 11.5 Å². The number of anilines is 1. The van der Waals surface area contributed by atoms with Gasteiger partial charge in [0.15, 0.2) is 0 Å². The Balaban J connectivity index is 1.67. The highest BCUT2D eigenvalue weighted by Crippen LogP contribution is 2.41. The van der Waals surface area contributed by atoms with E-state index in [1.54, 1.807) is 74.5 Å². The van der Waals surface area contributed by atoms with Crippen LogP contribution in [0.1, 0.15) is 55.2 Å². The number of rotatable bonds is 8. The molecule has 0 bridgehead atoms. The van der Waals surface area contributed by atoms with Gasteiger partial charge in [-0.3, -0.25) is 4.79 Å². The highest BCUT2D eigenvalue weighted by atomic mass is 32.2. The molecule has 4 rings (SSSR count). The summed E-state index contributed by atoms with van der Waals surface area (Å²) in [5, 5.41) is 14.0. The van der Waals surface area contributed by atoms with Gasteiger partial charge in [0.1, 0.15) is 23.2 Å². The molecule has 1 amide bonds. The van der Waals surface area contributed by atoms with Crippen LogP contribution in [0.5, 0.6) is 11.5 Å². The molecule has 1 heterocycles. The summed E-state index contributed by atoms with van der Waals surface area (Å²) in [5.41, 5.74) is 1.09. The van der Waals surface area contributed by atoms with E-state index in [2.05, 4.69) is 10.0 Å². The Morgan fingerprint density at radius 3 is 2.43 bits per heavy atom. The number of hydrogen-bond donors (Lipinski definition) is 3. The largest absolute Gasteiger partial charge is 0.492 e. The Hall–Kier alpha value is -3.40. The average Bonchev–Trinajstić information content (AvgIpc) is 2.87. The molecule has 0 unspecified atom stereocenters. The fourth-order valence-electron chi connectivity index (χ4n) is 4.25. The van der Waals surface area contributed by atoms with Crippen LogP contribution in [0.2, 0.25) is 0 Å². The van der Waals surface area contributed by atoms with Crippen LogP contribution in [0.25, 0.3) is 0 Å². The predicted octanol–water partition coefficient (Wildman–Crippen LogP) is 4.45. The number of aliphatic hydroxyl groups is 1. The van der Waals surface area contributed by atoms with Crippen LogP contribution in [0.15, 0.2) is 71.6 Å². The van der Waals surface area contributed by atoms with E-state index in [4.69, 9.17) is 9.47 Å². The van der Waals surface area contributed by atoms with Gasteiger partial charge in [-0.05, 0) is 75.2 Å². The van der Waals surface area contributed by atoms with Gasteiger partial charge in [-0.2, -0.15) is 0 Å². The SMILES string of the molecule is CCOc1ccccc1NC(=O)c1ccc2c(c1)[C@@H](NS(=O)(=O)c1ccc(CC)cc1)[C@H](O)C(C)(C)O2. The second-order valence-electron chi connectivity index (χ2n) is 9.38. The maximum atomic E-state index is 13.3. The summed E-state index contributed by atoms with van der Waals surface area (Å²) in [6.45, 7) is 7.66. The zero-order valence-electron chi connectivity index (χ0n) is 21.3. The molecule has 0 saturated heterocycles. The molecular weight excluding hydrogens is 492 g/mol. The number of amides is 1. The zero-order chi connectivity index (χ0) is 26.8. The molecule has 37 heavy (non-hydrogen) atoms. The van der Waals surface area contributed by atoms with Gasteiger partial charge < -0.3 is 19.9 Å². The summed E-state index contributed by atoms with van der Waals surface area (Å²) in [5.74, 6) is 0.512. The Labute approximate surface area is 217 Å². The Morgan fingerprint density at radius 1 is 1.05 bits per heavy atom. The van der Waals surface area contributed by atoms with E-state index in [1.807, 2.05) is 19.9 Å². The van der Waals surface area contributed by atoms with Crippen molar-refractivity contribution in [3.63, 3.8) is 0 Å². The van der Waals surface area contributed by atoms with Crippen LogP contribution in [-0.2, 0) is 16.4 Å². The van der Waals surface area contributed by atoms with Crippen molar-refractivity contribution >= 4 is 21.6 Å². The fraction of sp³-hybridized carbons (Fsp3) is 0.321. The van der Waals surface area contributed by atoms with Crippen LogP contribution in [0.4, 0.5) is 5.69 Å². The van der Waals surface area contributed by atoms with Crippen molar-refractivity contribution in [3.05, 3.63) is 83.4 Å². The molecule has 0 aliphatic carbocycles. The summed E-state index contributed by atoms with van der Waals surface area (Å²) in [4.78, 5) is 13.2. The number of nitrogens with one attached hydrogen (secondary N) is 2. The lowest BCUT2D eigenvalue weighted by Crippen LogP contribution is -2.53. The summed E-state index contributed by atoms with van der Waals surface area (Å²) < 4.78 is 40.7. The smallest absolute Gasteiger partial charge is 0.255 e. The second kappa shape index (κ2) is 10.5. The van der Waals surface area contributed by atoms with Crippen LogP contribution < -0.4 is 19.5 Å². The number of fused-ring (bicyclic) bond motifs is 1. The number of aliphatic hydroxyl groups excluding tert-OH is 1. The van der Waals surface area contributed by atoms with Gasteiger partial charge in [0.25, 0.3) is 5.91 Å². The van der Waals surface area contributed by atoms with Crippen molar-refractivity contribution < 1.29 is 27.8 Å². The molecule has 0 saturated carbocycles. The molecule has 1 aliphatic heterocycles. The molecule has 0 radical (unpaired) electrons. The van der Waals surface area contributed by atoms with Gasteiger partial charge in [-0.15, -0.1) is 0 Å². The molecule has 3 aromatic rings. The molecular formula is C28H32N2O6S. The lowest BCUT2D eigenvalue weighted by Gasteiger charge is -2.42. The number of para-hydroxylation sites is 2. The molecule has 0 fully saturated rings. The third-order valence-corrected chi connectivity index (χ3v) is 7.82. The number of hydrogen-bond acceptors (Lipinski definition) is 6. The predicted molar refractivity (Wildman–Crippen MR) is 142 cm³/mol. The fourth-order valence-corrected chi connectivity index (χ4v) is 5.47. The van der Waals surface area contributed by atoms with E-state index in [0.717, 1.165) is 12.0 Å². The minimum Gasteiger partial charge on any atom is -0.492 e. The Kier molecular flexibility index (Phi) is 7.59. The molecule has 2 atom stereocenters. The number of ether oxygens (including phenoxy) is 2. The molecule has 1 aliphatic rings. The number of benzene rings is 3. The normalized spacial score (nSPS) is 18.4. The molecule has 3 N–H and O–H groups in total. The first-order valence-electron chi connectivity index (χ1n) is 12.2. The number of carbonyl (C=O) groups is 1. The van der Waals surface area contributed by atoms with Gasteiger partial charge in [-0.1, -0.05) is 31.2 Å². The third kappa shape index (κ3) is 5.64. The highest BCUT2D eigenvalue weighted by Gasteiger charge is 2.44. The van der Waals surface area contributed by atoms with Crippen LogP contribution in [-0.4, -0.2) is 37.7 Å². The standard InChI is InChI=1S/C28H32N2O6S/c1-5-18-11-14-20(15-12-18)37(33,34)30-25-21-17-19(13-16-23(21)36-28(3,4)26(25)31)27(32)29-22-9-7-8-10-24(22)35-6-2/h7-17,25-26,30-31H,5-6H2,1-4H3,(H,29,32)/t25-,26+/m1/s1. The van der Waals surface area contributed by atoms with E-state index >= 15 is 0 Å². The topological polar surface area (TPSA) is 114 Å². The molecule has 3 aromatic carbocycles. The van der Waals surface area contributed by atoms with Crippen molar-refractivity contribution in [1.82, 2.24) is 4.72 Å². The summed E-state index contributed by atoms with van der Waals surface area (Å²) in [6, 6.07) is 17.4. The second-order valence-corrected chi connectivity index (χ2v) is 11.1. The zero-order valence-corrected chi connectivity index (χ0v) is 22.1. The lowest BCUT2D eigenvalue weighted by atomic mass is 9.86.